The maximum Gasteiger partial charge on any atom is 0.268 e. The number of imidazole rings is 1. The van der Waals surface area contributed by atoms with Crippen molar-refractivity contribution in [2.45, 2.75) is 44.9 Å². The first-order valence-electron chi connectivity index (χ1n) is 12.4. The van der Waals surface area contributed by atoms with Crippen molar-refractivity contribution in [3.05, 3.63) is 77.0 Å². The highest BCUT2D eigenvalue weighted by molar-refractivity contribution is 6.30. The minimum Gasteiger partial charge on any atom is -0.344 e. The molecular formula is C26H25ClN8O3. The second-order valence-corrected chi connectivity index (χ2v) is 9.93. The monoisotopic (exact) mass is 532 g/mol. The number of amides is 3. The van der Waals surface area contributed by atoms with Gasteiger partial charge in [-0.1, -0.05) is 28.9 Å². The van der Waals surface area contributed by atoms with Crippen LogP contribution in [0.25, 0.3) is 5.65 Å². The zero-order chi connectivity index (χ0) is 26.6. The third kappa shape index (κ3) is 3.65. The van der Waals surface area contributed by atoms with Crippen LogP contribution in [-0.2, 0) is 16.1 Å². The fourth-order valence-electron chi connectivity index (χ4n) is 5.44. The number of nitrogens with zero attached hydrogens (tertiary/aromatic N) is 7. The summed E-state index contributed by atoms with van der Waals surface area (Å²) in [5.74, 6) is -0.880. The van der Waals surface area contributed by atoms with Gasteiger partial charge in [0.15, 0.2) is 0 Å². The lowest BCUT2D eigenvalue weighted by Gasteiger charge is -2.49. The van der Waals surface area contributed by atoms with Gasteiger partial charge in [0, 0.05) is 31.8 Å². The largest absolute Gasteiger partial charge is 0.344 e. The normalized spacial score (nSPS) is 19.6. The first-order valence-corrected chi connectivity index (χ1v) is 12.8. The van der Waals surface area contributed by atoms with Crippen LogP contribution in [-0.4, -0.2) is 59.2 Å². The van der Waals surface area contributed by atoms with Gasteiger partial charge in [-0.25, -0.2) is 9.67 Å². The predicted octanol–water partition coefficient (Wildman–Crippen LogP) is 2.80. The lowest BCUT2D eigenvalue weighted by atomic mass is 9.95. The summed E-state index contributed by atoms with van der Waals surface area (Å²) in [5, 5.41) is 12.1. The quantitative estimate of drug-likeness (QED) is 0.408. The summed E-state index contributed by atoms with van der Waals surface area (Å²) in [6, 6.07) is 10.0. The van der Waals surface area contributed by atoms with Gasteiger partial charge in [0.25, 0.3) is 11.8 Å². The van der Waals surface area contributed by atoms with E-state index in [2.05, 4.69) is 20.6 Å². The molecule has 6 rings (SSSR count). The highest BCUT2D eigenvalue weighted by Crippen LogP contribution is 2.44. The number of para-hydroxylation sites is 1. The highest BCUT2D eigenvalue weighted by atomic mass is 35.5. The number of likely N-dealkylation sites (N-methyl/N-ethyl adjacent to an activating group) is 1. The molecule has 0 aliphatic carbocycles. The molecule has 4 aromatic rings. The Morgan fingerprint density at radius 3 is 2.79 bits per heavy atom. The van der Waals surface area contributed by atoms with Gasteiger partial charge in [-0.05, 0) is 38.1 Å². The zero-order valence-electron chi connectivity index (χ0n) is 20.8. The molecule has 0 radical (unpaired) electrons. The lowest BCUT2D eigenvalue weighted by molar-refractivity contribution is -0.134. The summed E-state index contributed by atoms with van der Waals surface area (Å²) < 4.78 is 3.49. The van der Waals surface area contributed by atoms with E-state index in [0.717, 1.165) is 11.3 Å². The molecule has 5 heterocycles. The van der Waals surface area contributed by atoms with Crippen molar-refractivity contribution < 1.29 is 14.4 Å². The van der Waals surface area contributed by atoms with E-state index in [1.165, 1.54) is 9.80 Å². The summed E-state index contributed by atoms with van der Waals surface area (Å²) in [7, 11) is 0. The third-order valence-corrected chi connectivity index (χ3v) is 7.41. The standard InChI is InChI=1S/C26H25ClN8O3/c1-3-34-24(37)19-6-4-5-7-21(19)35-23(36)10-11-26(34,35)25(38)28-16(2)20-15-33(31-30-20)14-18-13-32-12-17(27)8-9-22(32)29-18/h4-9,12-13,15-16H,3,10-11,14H2,1-2H3,(H,28,38). The molecule has 2 atom stereocenters. The number of hydrogen-bond donors (Lipinski definition) is 1. The number of carbonyl (C=O) groups is 3. The van der Waals surface area contributed by atoms with Crippen LogP contribution < -0.4 is 10.2 Å². The number of carbonyl (C=O) groups excluding carboxylic acids is 3. The zero-order valence-corrected chi connectivity index (χ0v) is 21.6. The average molecular weight is 533 g/mol. The molecule has 1 saturated heterocycles. The smallest absolute Gasteiger partial charge is 0.268 e. The number of rotatable bonds is 6. The van der Waals surface area contributed by atoms with Crippen LogP contribution >= 0.6 is 11.6 Å². The summed E-state index contributed by atoms with van der Waals surface area (Å²) >= 11 is 6.06. The Morgan fingerprint density at radius 1 is 1.16 bits per heavy atom. The SMILES string of the molecule is CCN1C(=O)c2ccccc2N2C(=O)CCC12C(=O)NC(C)c1cn(Cc2cn3cc(Cl)ccc3n2)nn1. The Bertz CT molecular complexity index is 1600. The molecule has 0 spiro atoms. The number of aromatic nitrogens is 5. The number of benzene rings is 1. The van der Waals surface area contributed by atoms with Crippen LogP contribution in [0.5, 0.6) is 0 Å². The van der Waals surface area contributed by atoms with Crippen molar-refractivity contribution in [3.8, 4) is 0 Å². The molecule has 2 unspecified atom stereocenters. The Kier molecular flexibility index (Phi) is 5.68. The van der Waals surface area contributed by atoms with E-state index in [9.17, 15) is 14.4 Å². The number of hydrogen-bond acceptors (Lipinski definition) is 6. The lowest BCUT2D eigenvalue weighted by Crippen LogP contribution is -2.70. The summed E-state index contributed by atoms with van der Waals surface area (Å²) in [6.45, 7) is 4.27. The molecule has 3 aromatic heterocycles. The molecule has 1 N–H and O–H groups in total. The van der Waals surface area contributed by atoms with Gasteiger partial charge in [-0.15, -0.1) is 5.10 Å². The molecule has 2 aliphatic heterocycles. The topological polar surface area (TPSA) is 118 Å². The van der Waals surface area contributed by atoms with Crippen LogP contribution in [0.15, 0.2) is 55.0 Å². The summed E-state index contributed by atoms with van der Waals surface area (Å²) in [4.78, 5) is 47.9. The minimum atomic E-state index is -1.43. The number of fused-ring (bicyclic) bond motifs is 4. The van der Waals surface area contributed by atoms with Gasteiger partial charge >= 0.3 is 0 Å². The van der Waals surface area contributed by atoms with Crippen LogP contribution in [0.2, 0.25) is 5.02 Å². The van der Waals surface area contributed by atoms with E-state index < -0.39 is 17.6 Å². The fraction of sp³-hybridized carbons (Fsp3) is 0.308. The molecule has 2 aliphatic rings. The van der Waals surface area contributed by atoms with E-state index >= 15 is 0 Å². The minimum absolute atomic E-state index is 0.167. The third-order valence-electron chi connectivity index (χ3n) is 7.19. The van der Waals surface area contributed by atoms with Crippen LogP contribution in [0.3, 0.4) is 0 Å². The van der Waals surface area contributed by atoms with E-state index in [-0.39, 0.29) is 31.2 Å². The van der Waals surface area contributed by atoms with E-state index in [0.29, 0.717) is 28.5 Å². The van der Waals surface area contributed by atoms with Gasteiger partial charge in [-0.3, -0.25) is 19.3 Å². The second-order valence-electron chi connectivity index (χ2n) is 9.49. The van der Waals surface area contributed by atoms with Crippen molar-refractivity contribution in [1.29, 1.82) is 0 Å². The Balaban J connectivity index is 1.24. The van der Waals surface area contributed by atoms with Gasteiger partial charge in [0.2, 0.25) is 11.6 Å². The fourth-order valence-corrected chi connectivity index (χ4v) is 5.61. The molecule has 12 heteroatoms. The first kappa shape index (κ1) is 24.1. The van der Waals surface area contributed by atoms with E-state index in [1.54, 1.807) is 54.3 Å². The predicted molar refractivity (Wildman–Crippen MR) is 138 cm³/mol. The molecule has 3 amide bonds. The maximum atomic E-state index is 13.9. The van der Waals surface area contributed by atoms with Crippen molar-refractivity contribution in [2.75, 3.05) is 11.4 Å². The van der Waals surface area contributed by atoms with E-state index in [4.69, 9.17) is 11.6 Å². The maximum absolute atomic E-state index is 13.9. The number of halogens is 1. The molecule has 11 nitrogen and oxygen atoms in total. The highest BCUT2D eigenvalue weighted by Gasteiger charge is 2.60. The van der Waals surface area contributed by atoms with Gasteiger partial charge in [-0.2, -0.15) is 0 Å². The molecule has 0 bridgehead atoms. The average Bonchev–Trinajstić information content (AvgIpc) is 3.62. The number of pyridine rings is 1. The number of nitrogens with one attached hydrogen (secondary N) is 1. The second kappa shape index (κ2) is 8.95. The van der Waals surface area contributed by atoms with Crippen molar-refractivity contribution >= 4 is 40.7 Å². The summed E-state index contributed by atoms with van der Waals surface area (Å²) in [6.07, 6.45) is 5.78. The van der Waals surface area contributed by atoms with E-state index in [1.807, 2.05) is 23.6 Å². The van der Waals surface area contributed by atoms with Crippen molar-refractivity contribution in [1.82, 2.24) is 34.6 Å². The summed E-state index contributed by atoms with van der Waals surface area (Å²) in [5.41, 5.74) is 1.54. The van der Waals surface area contributed by atoms with Crippen molar-refractivity contribution in [3.63, 3.8) is 0 Å². The Hall–Kier alpha value is -4.25. The van der Waals surface area contributed by atoms with Crippen LogP contribution in [0.1, 0.15) is 54.5 Å². The molecule has 0 saturated carbocycles. The van der Waals surface area contributed by atoms with Crippen molar-refractivity contribution in [2.24, 2.45) is 0 Å². The van der Waals surface area contributed by atoms with Gasteiger partial charge < -0.3 is 14.6 Å². The van der Waals surface area contributed by atoms with Crippen LogP contribution in [0, 0.1) is 0 Å². The molecular weight excluding hydrogens is 508 g/mol. The molecule has 1 aromatic carbocycles. The van der Waals surface area contributed by atoms with Crippen LogP contribution in [0.4, 0.5) is 5.69 Å². The van der Waals surface area contributed by atoms with Gasteiger partial charge in [0.1, 0.15) is 11.3 Å². The molecule has 38 heavy (non-hydrogen) atoms. The molecule has 194 valence electrons. The Morgan fingerprint density at radius 2 is 1.97 bits per heavy atom. The van der Waals surface area contributed by atoms with Gasteiger partial charge in [0.05, 0.1) is 40.8 Å². The number of anilines is 1. The first-order chi connectivity index (χ1) is 18.3. The molecule has 1 fully saturated rings. The Labute approximate surface area is 223 Å².